The Morgan fingerprint density at radius 3 is 2.47 bits per heavy atom. The van der Waals surface area contributed by atoms with E-state index in [0.29, 0.717) is 5.56 Å². The third kappa shape index (κ3) is 4.15. The fourth-order valence-corrected chi connectivity index (χ4v) is 1.33. The maximum atomic E-state index is 10.9. The van der Waals surface area contributed by atoms with Crippen LogP contribution in [0.3, 0.4) is 0 Å². The second-order valence-electron chi connectivity index (χ2n) is 4.61. The quantitative estimate of drug-likeness (QED) is 0.814. The van der Waals surface area contributed by atoms with E-state index < -0.39 is 5.91 Å². The number of nitriles is 1. The Balaban J connectivity index is 2.49. The fourth-order valence-electron chi connectivity index (χ4n) is 1.33. The Morgan fingerprint density at radius 1 is 1.41 bits per heavy atom. The molecule has 0 aliphatic carbocycles. The van der Waals surface area contributed by atoms with Crippen LogP contribution in [0.4, 0.5) is 5.69 Å². The Labute approximate surface area is 101 Å². The molecule has 1 aromatic carbocycles. The summed E-state index contributed by atoms with van der Waals surface area (Å²) in [5, 5.41) is 12.1. The third-order valence-electron chi connectivity index (χ3n) is 2.55. The minimum absolute atomic E-state index is 0.319. The van der Waals surface area contributed by atoms with Crippen molar-refractivity contribution in [3.05, 3.63) is 29.8 Å². The Bertz CT molecular complexity index is 429. The molecule has 1 amide bonds. The molecular formula is C13H17N3O. The molecule has 1 aromatic rings. The first-order valence-electron chi connectivity index (χ1n) is 5.49. The van der Waals surface area contributed by atoms with Crippen molar-refractivity contribution in [2.75, 3.05) is 11.9 Å². The Hall–Kier alpha value is -2.02. The summed E-state index contributed by atoms with van der Waals surface area (Å²) < 4.78 is 0. The van der Waals surface area contributed by atoms with Crippen LogP contribution in [0.1, 0.15) is 30.6 Å². The van der Waals surface area contributed by atoms with Crippen LogP contribution >= 0.6 is 0 Å². The van der Waals surface area contributed by atoms with Crippen LogP contribution in [-0.2, 0) is 0 Å². The van der Waals surface area contributed by atoms with Crippen LogP contribution in [0.25, 0.3) is 0 Å². The topological polar surface area (TPSA) is 78.9 Å². The first-order valence-corrected chi connectivity index (χ1v) is 5.49. The minimum Gasteiger partial charge on any atom is -0.385 e. The Morgan fingerprint density at radius 2 is 2.00 bits per heavy atom. The SMILES string of the molecule is CC(C)(C#N)CCNc1ccc(C(N)=O)cc1. The molecule has 0 fully saturated rings. The van der Waals surface area contributed by atoms with Gasteiger partial charge in [0.15, 0.2) is 0 Å². The van der Waals surface area contributed by atoms with Gasteiger partial charge in [0.25, 0.3) is 0 Å². The van der Waals surface area contributed by atoms with Crippen molar-refractivity contribution in [2.24, 2.45) is 11.1 Å². The molecule has 4 heteroatoms. The lowest BCUT2D eigenvalue weighted by atomic mass is 9.91. The molecule has 17 heavy (non-hydrogen) atoms. The van der Waals surface area contributed by atoms with Crippen molar-refractivity contribution in [2.45, 2.75) is 20.3 Å². The zero-order valence-electron chi connectivity index (χ0n) is 10.2. The number of benzene rings is 1. The Kier molecular flexibility index (Phi) is 4.11. The first-order chi connectivity index (χ1) is 7.94. The average molecular weight is 231 g/mol. The summed E-state index contributed by atoms with van der Waals surface area (Å²) in [6.07, 6.45) is 0.765. The smallest absolute Gasteiger partial charge is 0.248 e. The van der Waals surface area contributed by atoms with Crippen LogP contribution in [-0.4, -0.2) is 12.5 Å². The van der Waals surface area contributed by atoms with Crippen LogP contribution in [0.5, 0.6) is 0 Å². The number of primary amides is 1. The summed E-state index contributed by atoms with van der Waals surface area (Å²) in [5.41, 5.74) is 6.24. The van der Waals surface area contributed by atoms with Crippen LogP contribution in [0.2, 0.25) is 0 Å². The largest absolute Gasteiger partial charge is 0.385 e. The lowest BCUT2D eigenvalue weighted by Crippen LogP contribution is -2.15. The molecule has 3 N–H and O–H groups in total. The standard InChI is InChI=1S/C13H17N3O/c1-13(2,9-14)7-8-16-11-5-3-10(4-6-11)12(15)17/h3-6,16H,7-8H2,1-2H3,(H2,15,17). The molecule has 0 heterocycles. The number of rotatable bonds is 5. The van der Waals surface area contributed by atoms with Gasteiger partial charge in [-0.05, 0) is 44.5 Å². The van der Waals surface area contributed by atoms with Crippen molar-refractivity contribution >= 4 is 11.6 Å². The van der Waals surface area contributed by atoms with Gasteiger partial charge in [-0.25, -0.2) is 0 Å². The number of carbonyl (C=O) groups is 1. The molecule has 0 spiro atoms. The van der Waals surface area contributed by atoms with E-state index in [1.54, 1.807) is 24.3 Å². The van der Waals surface area contributed by atoms with E-state index in [1.807, 2.05) is 13.8 Å². The number of carbonyl (C=O) groups excluding carboxylic acids is 1. The molecule has 4 nitrogen and oxygen atoms in total. The number of nitrogens with zero attached hydrogens (tertiary/aromatic N) is 1. The summed E-state index contributed by atoms with van der Waals surface area (Å²) in [5.74, 6) is -0.429. The van der Waals surface area contributed by atoms with Gasteiger partial charge < -0.3 is 11.1 Å². The van der Waals surface area contributed by atoms with Gasteiger partial charge in [-0.1, -0.05) is 0 Å². The molecule has 0 radical (unpaired) electrons. The predicted molar refractivity (Wildman–Crippen MR) is 67.5 cm³/mol. The predicted octanol–water partition coefficient (Wildman–Crippen LogP) is 2.14. The molecule has 0 atom stereocenters. The molecule has 0 saturated carbocycles. The number of amides is 1. The zero-order valence-corrected chi connectivity index (χ0v) is 10.2. The van der Waals surface area contributed by atoms with Gasteiger partial charge in [0.1, 0.15) is 0 Å². The molecular weight excluding hydrogens is 214 g/mol. The molecule has 0 unspecified atom stereocenters. The maximum Gasteiger partial charge on any atom is 0.248 e. The number of hydrogen-bond donors (Lipinski definition) is 2. The summed E-state index contributed by atoms with van der Waals surface area (Å²) >= 11 is 0. The van der Waals surface area contributed by atoms with Crippen molar-refractivity contribution in [1.82, 2.24) is 0 Å². The van der Waals surface area contributed by atoms with Crippen molar-refractivity contribution < 1.29 is 4.79 Å². The zero-order chi connectivity index (χ0) is 12.9. The fraction of sp³-hybridized carbons (Fsp3) is 0.385. The molecule has 0 saturated heterocycles. The van der Waals surface area contributed by atoms with Crippen LogP contribution in [0, 0.1) is 16.7 Å². The first kappa shape index (κ1) is 13.0. The summed E-state index contributed by atoms with van der Waals surface area (Å²) in [6, 6.07) is 9.22. The highest BCUT2D eigenvalue weighted by Crippen LogP contribution is 2.18. The van der Waals surface area contributed by atoms with E-state index in [4.69, 9.17) is 11.0 Å². The molecule has 0 aliphatic rings. The summed E-state index contributed by atoms with van der Waals surface area (Å²) in [6.45, 7) is 4.53. The highest BCUT2D eigenvalue weighted by molar-refractivity contribution is 5.93. The van der Waals surface area contributed by atoms with E-state index in [2.05, 4.69) is 11.4 Å². The minimum atomic E-state index is -0.429. The molecule has 1 rings (SSSR count). The van der Waals surface area contributed by atoms with Gasteiger partial charge in [0.2, 0.25) is 5.91 Å². The van der Waals surface area contributed by atoms with E-state index in [9.17, 15) is 4.79 Å². The third-order valence-corrected chi connectivity index (χ3v) is 2.55. The summed E-state index contributed by atoms with van der Waals surface area (Å²) in [4.78, 5) is 10.9. The monoisotopic (exact) mass is 231 g/mol. The van der Waals surface area contributed by atoms with Crippen LogP contribution in [0.15, 0.2) is 24.3 Å². The number of nitrogens with one attached hydrogen (secondary N) is 1. The van der Waals surface area contributed by atoms with Gasteiger partial charge in [0, 0.05) is 17.8 Å². The van der Waals surface area contributed by atoms with Gasteiger partial charge in [-0.15, -0.1) is 0 Å². The van der Waals surface area contributed by atoms with E-state index in [0.717, 1.165) is 18.7 Å². The second-order valence-corrected chi connectivity index (χ2v) is 4.61. The lowest BCUT2D eigenvalue weighted by molar-refractivity contribution is 0.100. The van der Waals surface area contributed by atoms with Gasteiger partial charge in [-0.2, -0.15) is 5.26 Å². The highest BCUT2D eigenvalue weighted by atomic mass is 16.1. The maximum absolute atomic E-state index is 10.9. The normalized spacial score (nSPS) is 10.6. The second kappa shape index (κ2) is 5.35. The molecule has 90 valence electrons. The highest BCUT2D eigenvalue weighted by Gasteiger charge is 2.15. The number of hydrogen-bond acceptors (Lipinski definition) is 3. The van der Waals surface area contributed by atoms with Crippen molar-refractivity contribution in [3.63, 3.8) is 0 Å². The number of nitrogens with two attached hydrogens (primary N) is 1. The molecule has 0 bridgehead atoms. The lowest BCUT2D eigenvalue weighted by Gasteiger charge is -2.15. The summed E-state index contributed by atoms with van der Waals surface area (Å²) in [7, 11) is 0. The van der Waals surface area contributed by atoms with Gasteiger partial charge in [-0.3, -0.25) is 4.79 Å². The van der Waals surface area contributed by atoms with E-state index >= 15 is 0 Å². The molecule has 0 aromatic heterocycles. The van der Waals surface area contributed by atoms with E-state index in [-0.39, 0.29) is 5.41 Å². The van der Waals surface area contributed by atoms with Crippen molar-refractivity contribution in [3.8, 4) is 6.07 Å². The van der Waals surface area contributed by atoms with Gasteiger partial charge >= 0.3 is 0 Å². The van der Waals surface area contributed by atoms with Gasteiger partial charge in [0.05, 0.1) is 11.5 Å². The average Bonchev–Trinajstić information content (AvgIpc) is 2.29. The number of anilines is 1. The van der Waals surface area contributed by atoms with Crippen LogP contribution < -0.4 is 11.1 Å². The molecule has 0 aliphatic heterocycles. The van der Waals surface area contributed by atoms with E-state index in [1.165, 1.54) is 0 Å². The van der Waals surface area contributed by atoms with Crippen molar-refractivity contribution in [1.29, 1.82) is 5.26 Å².